The van der Waals surface area contributed by atoms with E-state index in [0.717, 1.165) is 38.3 Å². The van der Waals surface area contributed by atoms with Crippen molar-refractivity contribution in [1.82, 2.24) is 4.90 Å². The Morgan fingerprint density at radius 2 is 1.76 bits per heavy atom. The van der Waals surface area contributed by atoms with Crippen LogP contribution in [0.2, 0.25) is 0 Å². The van der Waals surface area contributed by atoms with Crippen LogP contribution < -0.4 is 10.5 Å². The smallest absolute Gasteiger partial charge is 0.227 e. The number of halogens is 1. The molecule has 4 atom stereocenters. The number of hydrogen-bond acceptors (Lipinski definition) is 3. The molecule has 3 aliphatic rings. The minimum atomic E-state index is 0. The van der Waals surface area contributed by atoms with E-state index in [9.17, 15) is 4.79 Å². The van der Waals surface area contributed by atoms with E-state index in [-0.39, 0.29) is 24.4 Å². The fourth-order valence-corrected chi connectivity index (χ4v) is 4.96. The second-order valence-electron chi connectivity index (χ2n) is 7.83. The van der Waals surface area contributed by atoms with Gasteiger partial charge in [-0.05, 0) is 62.0 Å². The van der Waals surface area contributed by atoms with Crippen molar-refractivity contribution < 1.29 is 9.53 Å². The Labute approximate surface area is 156 Å². The molecule has 1 aromatic carbocycles. The molecule has 2 bridgehead atoms. The number of rotatable bonds is 4. The van der Waals surface area contributed by atoms with Gasteiger partial charge in [-0.25, -0.2) is 0 Å². The normalized spacial score (nSPS) is 31.6. The molecule has 0 spiro atoms. The first kappa shape index (κ1) is 18.5. The van der Waals surface area contributed by atoms with Crippen molar-refractivity contribution in [2.45, 2.75) is 38.1 Å². The Hall–Kier alpha value is -1.26. The Morgan fingerprint density at radius 3 is 2.40 bits per heavy atom. The number of piperidine rings is 1. The van der Waals surface area contributed by atoms with Gasteiger partial charge in [0, 0.05) is 19.1 Å². The molecule has 2 aliphatic carbocycles. The lowest BCUT2D eigenvalue weighted by molar-refractivity contribution is -0.139. The highest BCUT2D eigenvalue weighted by atomic mass is 35.5. The van der Waals surface area contributed by atoms with Crippen molar-refractivity contribution in [3.63, 3.8) is 0 Å². The number of para-hydroxylation sites is 1. The van der Waals surface area contributed by atoms with Gasteiger partial charge in [-0.2, -0.15) is 0 Å². The number of benzene rings is 1. The van der Waals surface area contributed by atoms with Crippen molar-refractivity contribution in [3.8, 4) is 5.75 Å². The first-order chi connectivity index (χ1) is 11.7. The summed E-state index contributed by atoms with van der Waals surface area (Å²) in [6.45, 7) is 2.48. The number of likely N-dealkylation sites (tertiary alicyclic amines) is 1. The molecule has 1 aliphatic heterocycles. The molecule has 3 fully saturated rings. The van der Waals surface area contributed by atoms with Crippen molar-refractivity contribution in [2.24, 2.45) is 29.4 Å². The summed E-state index contributed by atoms with van der Waals surface area (Å²) in [5, 5.41) is 0. The van der Waals surface area contributed by atoms with E-state index in [1.165, 1.54) is 19.3 Å². The van der Waals surface area contributed by atoms with Crippen LogP contribution in [0.4, 0.5) is 0 Å². The van der Waals surface area contributed by atoms with Gasteiger partial charge < -0.3 is 15.4 Å². The number of nitrogens with zero attached hydrogens (tertiary/aromatic N) is 1. The number of carbonyl (C=O) groups excluding carboxylic acids is 1. The molecule has 1 amide bonds. The first-order valence-corrected chi connectivity index (χ1v) is 9.44. The molecule has 4 nitrogen and oxygen atoms in total. The van der Waals surface area contributed by atoms with Crippen LogP contribution in [-0.4, -0.2) is 36.5 Å². The summed E-state index contributed by atoms with van der Waals surface area (Å²) in [5.74, 6) is 3.06. The van der Waals surface area contributed by atoms with Crippen LogP contribution in [0.1, 0.15) is 32.1 Å². The second-order valence-corrected chi connectivity index (χ2v) is 7.83. The van der Waals surface area contributed by atoms with Crippen LogP contribution in [0, 0.1) is 23.7 Å². The van der Waals surface area contributed by atoms with Crippen LogP contribution in [0.5, 0.6) is 5.75 Å². The summed E-state index contributed by atoms with van der Waals surface area (Å²) in [7, 11) is 0. The molecular formula is C20H29ClN2O2. The highest BCUT2D eigenvalue weighted by Gasteiger charge is 2.50. The molecule has 1 saturated heterocycles. The number of nitrogens with two attached hydrogens (primary N) is 1. The van der Waals surface area contributed by atoms with Gasteiger partial charge in [-0.3, -0.25) is 4.79 Å². The molecule has 5 heteroatoms. The van der Waals surface area contributed by atoms with E-state index in [1.54, 1.807) is 0 Å². The SMILES string of the molecule is Cl.NC1C2CCC(C2)C1C(=O)N1CCC(COc2ccccc2)CC1. The Balaban J connectivity index is 0.00000182. The molecule has 2 saturated carbocycles. The zero-order chi connectivity index (χ0) is 16.5. The molecule has 138 valence electrons. The summed E-state index contributed by atoms with van der Waals surface area (Å²) in [6, 6.07) is 10.1. The highest BCUT2D eigenvalue weighted by molar-refractivity contribution is 5.85. The van der Waals surface area contributed by atoms with E-state index < -0.39 is 0 Å². The quantitative estimate of drug-likeness (QED) is 0.893. The van der Waals surface area contributed by atoms with Crippen LogP contribution in [0.15, 0.2) is 30.3 Å². The third-order valence-corrected chi connectivity index (χ3v) is 6.42. The van der Waals surface area contributed by atoms with Gasteiger partial charge >= 0.3 is 0 Å². The maximum Gasteiger partial charge on any atom is 0.227 e. The topological polar surface area (TPSA) is 55.6 Å². The summed E-state index contributed by atoms with van der Waals surface area (Å²) >= 11 is 0. The molecule has 1 aromatic rings. The molecule has 1 heterocycles. The first-order valence-electron chi connectivity index (χ1n) is 9.44. The number of amides is 1. The molecule has 0 aromatic heterocycles. The average Bonchev–Trinajstić information content (AvgIpc) is 3.22. The van der Waals surface area contributed by atoms with Gasteiger partial charge in [0.1, 0.15) is 5.75 Å². The number of fused-ring (bicyclic) bond motifs is 2. The molecule has 4 unspecified atom stereocenters. The summed E-state index contributed by atoms with van der Waals surface area (Å²) < 4.78 is 5.87. The maximum absolute atomic E-state index is 12.9. The third-order valence-electron chi connectivity index (χ3n) is 6.42. The average molecular weight is 365 g/mol. The van der Waals surface area contributed by atoms with Crippen molar-refractivity contribution >= 4 is 18.3 Å². The number of carbonyl (C=O) groups is 1. The van der Waals surface area contributed by atoms with Gasteiger partial charge in [0.15, 0.2) is 0 Å². The summed E-state index contributed by atoms with van der Waals surface area (Å²) in [6.07, 6.45) is 5.69. The van der Waals surface area contributed by atoms with Gasteiger partial charge in [0.05, 0.1) is 12.5 Å². The fourth-order valence-electron chi connectivity index (χ4n) is 4.96. The lowest BCUT2D eigenvalue weighted by Crippen LogP contribution is -2.49. The van der Waals surface area contributed by atoms with Crippen LogP contribution in [-0.2, 0) is 4.79 Å². The fraction of sp³-hybridized carbons (Fsp3) is 0.650. The molecular weight excluding hydrogens is 336 g/mol. The van der Waals surface area contributed by atoms with Gasteiger partial charge in [0.25, 0.3) is 0 Å². The van der Waals surface area contributed by atoms with E-state index in [2.05, 4.69) is 4.90 Å². The zero-order valence-electron chi connectivity index (χ0n) is 14.7. The standard InChI is InChI=1S/C20H28N2O2.ClH/c21-19-16-7-6-15(12-16)18(19)20(23)22-10-8-14(9-11-22)13-24-17-4-2-1-3-5-17;/h1-5,14-16,18-19H,6-13,21H2;1H. The van der Waals surface area contributed by atoms with Crippen molar-refractivity contribution in [1.29, 1.82) is 0 Å². The largest absolute Gasteiger partial charge is 0.493 e. The Bertz CT molecular complexity index is 572. The maximum atomic E-state index is 12.9. The van der Waals surface area contributed by atoms with E-state index in [4.69, 9.17) is 10.5 Å². The minimum Gasteiger partial charge on any atom is -0.493 e. The molecule has 25 heavy (non-hydrogen) atoms. The Morgan fingerprint density at radius 1 is 1.08 bits per heavy atom. The van der Waals surface area contributed by atoms with E-state index >= 15 is 0 Å². The summed E-state index contributed by atoms with van der Waals surface area (Å²) in [5.41, 5.74) is 6.34. The van der Waals surface area contributed by atoms with Crippen LogP contribution in [0.3, 0.4) is 0 Å². The van der Waals surface area contributed by atoms with Gasteiger partial charge in [-0.15, -0.1) is 12.4 Å². The molecule has 2 N–H and O–H groups in total. The predicted molar refractivity (Wildman–Crippen MR) is 101 cm³/mol. The minimum absolute atomic E-state index is 0. The van der Waals surface area contributed by atoms with Gasteiger partial charge in [0.2, 0.25) is 5.91 Å². The number of ether oxygens (including phenoxy) is 1. The molecule has 0 radical (unpaired) electrons. The van der Waals surface area contributed by atoms with Crippen LogP contribution in [0.25, 0.3) is 0 Å². The number of hydrogen-bond donors (Lipinski definition) is 1. The highest BCUT2D eigenvalue weighted by Crippen LogP contribution is 2.48. The summed E-state index contributed by atoms with van der Waals surface area (Å²) in [4.78, 5) is 15.0. The van der Waals surface area contributed by atoms with E-state index in [1.807, 2.05) is 30.3 Å². The molecule has 4 rings (SSSR count). The predicted octanol–water partition coefficient (Wildman–Crippen LogP) is 3.10. The third kappa shape index (κ3) is 3.80. The van der Waals surface area contributed by atoms with Crippen LogP contribution >= 0.6 is 12.4 Å². The monoisotopic (exact) mass is 364 g/mol. The Kier molecular flexibility index (Phi) is 5.90. The zero-order valence-corrected chi connectivity index (χ0v) is 15.5. The van der Waals surface area contributed by atoms with Gasteiger partial charge in [-0.1, -0.05) is 18.2 Å². The van der Waals surface area contributed by atoms with E-state index in [0.29, 0.717) is 23.7 Å². The lowest BCUT2D eigenvalue weighted by atomic mass is 9.83. The van der Waals surface area contributed by atoms with Crippen molar-refractivity contribution in [2.75, 3.05) is 19.7 Å². The second kappa shape index (κ2) is 7.96. The lowest BCUT2D eigenvalue weighted by Gasteiger charge is -2.37. The van der Waals surface area contributed by atoms with Crippen molar-refractivity contribution in [3.05, 3.63) is 30.3 Å².